The van der Waals surface area contributed by atoms with Gasteiger partial charge in [0.25, 0.3) is 5.91 Å². The molecule has 0 aliphatic carbocycles. The van der Waals surface area contributed by atoms with Crippen LogP contribution >= 0.6 is 15.9 Å². The van der Waals surface area contributed by atoms with E-state index in [0.29, 0.717) is 11.5 Å². The molecule has 1 aromatic heterocycles. The summed E-state index contributed by atoms with van der Waals surface area (Å²) in [7, 11) is 0. The van der Waals surface area contributed by atoms with Gasteiger partial charge >= 0.3 is 5.97 Å². The fourth-order valence-electron chi connectivity index (χ4n) is 2.87. The summed E-state index contributed by atoms with van der Waals surface area (Å²) in [6, 6.07) is 13.0. The van der Waals surface area contributed by atoms with Crippen LogP contribution in [0.4, 0.5) is 17.2 Å². The number of amides is 1. The van der Waals surface area contributed by atoms with E-state index < -0.39 is 24.1 Å². The number of esters is 1. The van der Waals surface area contributed by atoms with Crippen LogP contribution in [0.3, 0.4) is 0 Å². The van der Waals surface area contributed by atoms with Crippen LogP contribution in [0.1, 0.15) is 6.92 Å². The highest BCUT2D eigenvalue weighted by Crippen LogP contribution is 2.29. The molecule has 1 aliphatic rings. The van der Waals surface area contributed by atoms with Gasteiger partial charge in [-0.15, -0.1) is 0 Å². The molecule has 9 heteroatoms. The Bertz CT molecular complexity index is 1090. The first-order valence-corrected chi connectivity index (χ1v) is 9.75. The zero-order chi connectivity index (χ0) is 20.4. The number of fused-ring (bicyclic) bond motifs is 1. The van der Waals surface area contributed by atoms with E-state index in [4.69, 9.17) is 9.47 Å². The van der Waals surface area contributed by atoms with Crippen molar-refractivity contribution in [3.05, 3.63) is 53.3 Å². The lowest BCUT2D eigenvalue weighted by Crippen LogP contribution is -2.23. The van der Waals surface area contributed by atoms with Crippen molar-refractivity contribution < 1.29 is 19.1 Å². The van der Waals surface area contributed by atoms with Crippen LogP contribution in [0, 0.1) is 0 Å². The van der Waals surface area contributed by atoms with Gasteiger partial charge < -0.3 is 20.1 Å². The average Bonchev–Trinajstić information content (AvgIpc) is 3.50. The topological polar surface area (TPSA) is 106 Å². The van der Waals surface area contributed by atoms with Crippen molar-refractivity contribution in [3.63, 3.8) is 0 Å². The third-order valence-electron chi connectivity index (χ3n) is 4.26. The molecule has 1 amide bonds. The molecule has 0 bridgehead atoms. The lowest BCUT2D eigenvalue weighted by Gasteiger charge is -2.10. The van der Waals surface area contributed by atoms with E-state index in [1.807, 2.05) is 24.3 Å². The van der Waals surface area contributed by atoms with Gasteiger partial charge in [-0.05, 0) is 43.3 Å². The maximum absolute atomic E-state index is 12.3. The number of nitrogens with one attached hydrogen (secondary N) is 2. The van der Waals surface area contributed by atoms with E-state index in [2.05, 4.69) is 36.5 Å². The summed E-state index contributed by atoms with van der Waals surface area (Å²) in [5.41, 5.74) is 2.13. The molecule has 0 radical (unpaired) electrons. The van der Waals surface area contributed by atoms with Crippen LogP contribution in [0.2, 0.25) is 0 Å². The predicted molar refractivity (Wildman–Crippen MR) is 111 cm³/mol. The predicted octanol–water partition coefficient (Wildman–Crippen LogP) is 3.40. The second-order valence-electron chi connectivity index (χ2n) is 6.31. The highest BCUT2D eigenvalue weighted by atomic mass is 79.9. The molecule has 1 fully saturated rings. The minimum Gasteiger partial charge on any atom is -0.464 e. The zero-order valence-electron chi connectivity index (χ0n) is 15.4. The minimum absolute atomic E-state index is 0.242. The Morgan fingerprint density at radius 1 is 1.14 bits per heavy atom. The van der Waals surface area contributed by atoms with Crippen LogP contribution in [0.15, 0.2) is 53.3 Å². The molecule has 2 N–H and O–H groups in total. The molecule has 1 aliphatic heterocycles. The largest absolute Gasteiger partial charge is 0.464 e. The van der Waals surface area contributed by atoms with Crippen molar-refractivity contribution in [3.8, 4) is 0 Å². The van der Waals surface area contributed by atoms with Crippen LogP contribution in [-0.4, -0.2) is 40.7 Å². The lowest BCUT2D eigenvalue weighted by molar-refractivity contribution is -0.144. The fourth-order valence-corrected chi connectivity index (χ4v) is 3.26. The van der Waals surface area contributed by atoms with Gasteiger partial charge in [-0.1, -0.05) is 22.0 Å². The molecule has 8 nitrogen and oxygen atoms in total. The Hall–Kier alpha value is -3.04. The first-order valence-electron chi connectivity index (χ1n) is 8.95. The third kappa shape index (κ3) is 4.36. The molecular formula is C20H17BrN4O4. The van der Waals surface area contributed by atoms with E-state index in [0.717, 1.165) is 21.1 Å². The van der Waals surface area contributed by atoms with Crippen LogP contribution < -0.4 is 10.6 Å². The van der Waals surface area contributed by atoms with Gasteiger partial charge in [0.05, 0.1) is 12.1 Å². The van der Waals surface area contributed by atoms with Crippen molar-refractivity contribution in [2.24, 2.45) is 0 Å². The molecule has 0 spiro atoms. The summed E-state index contributed by atoms with van der Waals surface area (Å²) in [6.45, 7) is 1.94. The van der Waals surface area contributed by atoms with Gasteiger partial charge in [0.15, 0.2) is 12.2 Å². The molecule has 4 rings (SSSR count). The van der Waals surface area contributed by atoms with Gasteiger partial charge in [0.2, 0.25) is 0 Å². The van der Waals surface area contributed by atoms with Crippen molar-refractivity contribution in [2.75, 3.05) is 17.2 Å². The minimum atomic E-state index is -0.840. The number of nitrogens with zero attached hydrogens (tertiary/aromatic N) is 2. The Labute approximate surface area is 174 Å². The molecule has 2 heterocycles. The molecule has 148 valence electrons. The summed E-state index contributed by atoms with van der Waals surface area (Å²) in [5, 5.41) is 6.76. The molecule has 2 atom stereocenters. The second kappa shape index (κ2) is 8.14. The first kappa shape index (κ1) is 19.3. The van der Waals surface area contributed by atoms with Crippen molar-refractivity contribution in [2.45, 2.75) is 19.1 Å². The number of carbonyl (C=O) groups is 2. The Morgan fingerprint density at radius 3 is 2.79 bits per heavy atom. The van der Waals surface area contributed by atoms with Gasteiger partial charge in [0.1, 0.15) is 12.1 Å². The SMILES string of the molecule is CCOC(=O)[C@@H]1O[C@H]1C(=O)Nc1ccc2ncnc(Nc3cccc(Br)c3)c2c1. The number of rotatable bonds is 6. The number of halogens is 1. The normalized spacial score (nSPS) is 17.6. The quantitative estimate of drug-likeness (QED) is 0.432. The Balaban J connectivity index is 1.53. The van der Waals surface area contributed by atoms with Gasteiger partial charge in [0, 0.05) is 21.2 Å². The molecule has 0 saturated carbocycles. The summed E-state index contributed by atoms with van der Waals surface area (Å²) in [5.74, 6) is -0.322. The molecule has 3 aromatic rings. The Morgan fingerprint density at radius 2 is 2.00 bits per heavy atom. The van der Waals surface area contributed by atoms with Crippen molar-refractivity contribution >= 4 is 55.9 Å². The molecule has 2 aromatic carbocycles. The highest BCUT2D eigenvalue weighted by molar-refractivity contribution is 9.10. The number of benzene rings is 2. The number of ether oxygens (including phenoxy) is 2. The number of carbonyl (C=O) groups excluding carboxylic acids is 2. The number of hydrogen-bond donors (Lipinski definition) is 2. The molecule has 29 heavy (non-hydrogen) atoms. The number of aromatic nitrogens is 2. The molecule has 1 saturated heterocycles. The third-order valence-corrected chi connectivity index (χ3v) is 4.75. The summed E-state index contributed by atoms with van der Waals surface area (Å²) >= 11 is 3.44. The summed E-state index contributed by atoms with van der Waals surface area (Å²) in [6.07, 6.45) is -0.202. The summed E-state index contributed by atoms with van der Waals surface area (Å²) < 4.78 is 10.9. The Kier molecular flexibility index (Phi) is 5.41. The van der Waals surface area contributed by atoms with Gasteiger partial charge in [-0.2, -0.15) is 0 Å². The van der Waals surface area contributed by atoms with Crippen molar-refractivity contribution in [1.29, 1.82) is 0 Å². The van der Waals surface area contributed by atoms with Crippen LogP contribution in [0.5, 0.6) is 0 Å². The summed E-state index contributed by atoms with van der Waals surface area (Å²) in [4.78, 5) is 32.6. The zero-order valence-corrected chi connectivity index (χ0v) is 17.0. The van der Waals surface area contributed by atoms with E-state index in [1.54, 1.807) is 25.1 Å². The fraction of sp³-hybridized carbons (Fsp3) is 0.200. The second-order valence-corrected chi connectivity index (χ2v) is 7.22. The first-order chi connectivity index (χ1) is 14.0. The number of anilines is 3. The molecular weight excluding hydrogens is 440 g/mol. The van der Waals surface area contributed by atoms with Crippen LogP contribution in [-0.2, 0) is 19.1 Å². The van der Waals surface area contributed by atoms with Crippen LogP contribution in [0.25, 0.3) is 10.9 Å². The highest BCUT2D eigenvalue weighted by Gasteiger charge is 2.51. The van der Waals surface area contributed by atoms with E-state index >= 15 is 0 Å². The smallest absolute Gasteiger partial charge is 0.338 e. The standard InChI is InChI=1S/C20H17BrN4O4/c1-2-28-20(27)17-16(29-17)19(26)25-13-6-7-15-14(9-13)18(23-10-22-15)24-12-5-3-4-11(21)8-12/h3-10,16-17H,2H2,1H3,(H,25,26)(H,22,23,24)/t16-,17-/m1/s1. The number of hydrogen-bond acceptors (Lipinski definition) is 7. The van der Waals surface area contributed by atoms with E-state index in [1.165, 1.54) is 6.33 Å². The number of epoxide rings is 1. The van der Waals surface area contributed by atoms with E-state index in [-0.39, 0.29) is 6.61 Å². The molecule has 0 unspecified atom stereocenters. The van der Waals surface area contributed by atoms with Gasteiger partial charge in [-0.25, -0.2) is 14.8 Å². The average molecular weight is 457 g/mol. The van der Waals surface area contributed by atoms with Gasteiger partial charge in [-0.3, -0.25) is 4.79 Å². The van der Waals surface area contributed by atoms with E-state index in [9.17, 15) is 9.59 Å². The maximum Gasteiger partial charge on any atom is 0.338 e. The maximum atomic E-state index is 12.3. The lowest BCUT2D eigenvalue weighted by atomic mass is 10.2. The monoisotopic (exact) mass is 456 g/mol. The van der Waals surface area contributed by atoms with Crippen molar-refractivity contribution in [1.82, 2.24) is 9.97 Å².